The van der Waals surface area contributed by atoms with Crippen LogP contribution < -0.4 is 10.1 Å². The minimum Gasteiger partial charge on any atom is -0.481 e. The molecule has 0 heterocycles. The molecule has 96 valence electrons. The maximum atomic E-state index is 11.7. The number of nitrogens with one attached hydrogen (secondary N) is 1. The monoisotopic (exact) mass is 246 g/mol. The Morgan fingerprint density at radius 2 is 1.94 bits per heavy atom. The van der Waals surface area contributed by atoms with Gasteiger partial charge in [0.1, 0.15) is 5.75 Å². The van der Waals surface area contributed by atoms with Gasteiger partial charge in [0.05, 0.1) is 11.6 Å². The fourth-order valence-electron chi connectivity index (χ4n) is 1.31. The standard InChI is InChI=1S/C14H18N2O2/c1-10(2)9-16-14(17)11(3)18-13-6-4-12(8-15)5-7-13/h4-7,10-11H,9H2,1-3H3,(H,16,17). The summed E-state index contributed by atoms with van der Waals surface area (Å²) in [5, 5.41) is 11.5. The molecular weight excluding hydrogens is 228 g/mol. The largest absolute Gasteiger partial charge is 0.481 e. The van der Waals surface area contributed by atoms with Crippen molar-refractivity contribution in [2.75, 3.05) is 6.54 Å². The average molecular weight is 246 g/mol. The van der Waals surface area contributed by atoms with Crippen LogP contribution >= 0.6 is 0 Å². The fourth-order valence-corrected chi connectivity index (χ4v) is 1.31. The molecule has 0 bridgehead atoms. The van der Waals surface area contributed by atoms with E-state index >= 15 is 0 Å². The number of hydrogen-bond donors (Lipinski definition) is 1. The normalized spacial score (nSPS) is 11.7. The maximum Gasteiger partial charge on any atom is 0.260 e. The summed E-state index contributed by atoms with van der Waals surface area (Å²) in [5.74, 6) is 0.866. The van der Waals surface area contributed by atoms with E-state index in [1.165, 1.54) is 0 Å². The van der Waals surface area contributed by atoms with Gasteiger partial charge in [-0.3, -0.25) is 4.79 Å². The lowest BCUT2D eigenvalue weighted by Crippen LogP contribution is -2.38. The molecule has 4 heteroatoms. The molecule has 1 rings (SSSR count). The summed E-state index contributed by atoms with van der Waals surface area (Å²) in [7, 11) is 0. The van der Waals surface area contributed by atoms with Crippen molar-refractivity contribution in [3.63, 3.8) is 0 Å². The number of carbonyl (C=O) groups is 1. The van der Waals surface area contributed by atoms with Crippen LogP contribution in [0.1, 0.15) is 26.3 Å². The summed E-state index contributed by atoms with van der Waals surface area (Å²) >= 11 is 0. The van der Waals surface area contributed by atoms with Gasteiger partial charge in [0.2, 0.25) is 0 Å². The van der Waals surface area contributed by atoms with Crippen LogP contribution in [0.15, 0.2) is 24.3 Å². The summed E-state index contributed by atoms with van der Waals surface area (Å²) in [6.45, 7) is 6.41. The van der Waals surface area contributed by atoms with E-state index in [4.69, 9.17) is 10.00 Å². The zero-order valence-corrected chi connectivity index (χ0v) is 10.9. The lowest BCUT2D eigenvalue weighted by molar-refractivity contribution is -0.127. The number of carbonyl (C=O) groups excluding carboxylic acids is 1. The van der Waals surface area contributed by atoms with Crippen LogP contribution in [-0.2, 0) is 4.79 Å². The van der Waals surface area contributed by atoms with Gasteiger partial charge in [-0.05, 0) is 37.1 Å². The van der Waals surface area contributed by atoms with Crippen molar-refractivity contribution >= 4 is 5.91 Å². The number of benzene rings is 1. The highest BCUT2D eigenvalue weighted by molar-refractivity contribution is 5.80. The summed E-state index contributed by atoms with van der Waals surface area (Å²) in [4.78, 5) is 11.7. The highest BCUT2D eigenvalue weighted by Crippen LogP contribution is 2.13. The number of nitrogens with zero attached hydrogens (tertiary/aromatic N) is 1. The number of amides is 1. The molecule has 1 aromatic carbocycles. The minimum absolute atomic E-state index is 0.131. The van der Waals surface area contributed by atoms with Crippen molar-refractivity contribution in [1.29, 1.82) is 5.26 Å². The van der Waals surface area contributed by atoms with E-state index in [2.05, 4.69) is 5.32 Å². The molecule has 1 aromatic rings. The van der Waals surface area contributed by atoms with Crippen LogP contribution in [0, 0.1) is 17.2 Å². The summed E-state index contributed by atoms with van der Waals surface area (Å²) in [5.41, 5.74) is 0.569. The fraction of sp³-hybridized carbons (Fsp3) is 0.429. The first-order valence-corrected chi connectivity index (χ1v) is 5.97. The molecule has 1 N–H and O–H groups in total. The zero-order chi connectivity index (χ0) is 13.5. The lowest BCUT2D eigenvalue weighted by Gasteiger charge is -2.15. The molecule has 18 heavy (non-hydrogen) atoms. The van der Waals surface area contributed by atoms with Crippen LogP contribution in [0.2, 0.25) is 0 Å². The molecule has 0 saturated heterocycles. The summed E-state index contributed by atoms with van der Waals surface area (Å²) in [6.07, 6.45) is -0.545. The van der Waals surface area contributed by atoms with Gasteiger partial charge in [0.25, 0.3) is 5.91 Å². The maximum absolute atomic E-state index is 11.7. The van der Waals surface area contributed by atoms with Crippen LogP contribution in [-0.4, -0.2) is 18.6 Å². The average Bonchev–Trinajstić information content (AvgIpc) is 2.36. The van der Waals surface area contributed by atoms with Crippen LogP contribution in [0.5, 0.6) is 5.75 Å². The molecule has 0 aliphatic carbocycles. The highest BCUT2D eigenvalue weighted by Gasteiger charge is 2.14. The first kappa shape index (κ1) is 14.0. The molecule has 4 nitrogen and oxygen atoms in total. The van der Waals surface area contributed by atoms with Gasteiger partial charge in [-0.25, -0.2) is 0 Å². The lowest BCUT2D eigenvalue weighted by atomic mass is 10.2. The number of nitriles is 1. The van der Waals surface area contributed by atoms with Gasteiger partial charge in [-0.15, -0.1) is 0 Å². The summed E-state index contributed by atoms with van der Waals surface area (Å²) in [6, 6.07) is 8.72. The molecule has 0 aliphatic rings. The van der Waals surface area contributed by atoms with Crippen molar-refractivity contribution in [1.82, 2.24) is 5.32 Å². The molecular formula is C14H18N2O2. The Balaban J connectivity index is 2.50. The van der Waals surface area contributed by atoms with E-state index in [9.17, 15) is 4.79 Å². The van der Waals surface area contributed by atoms with Gasteiger partial charge in [-0.2, -0.15) is 5.26 Å². The molecule has 0 aliphatic heterocycles. The third-order valence-electron chi connectivity index (χ3n) is 2.35. The number of ether oxygens (including phenoxy) is 1. The van der Waals surface area contributed by atoms with E-state index in [0.29, 0.717) is 23.8 Å². The van der Waals surface area contributed by atoms with Gasteiger partial charge < -0.3 is 10.1 Å². The van der Waals surface area contributed by atoms with Crippen LogP contribution in [0.25, 0.3) is 0 Å². The van der Waals surface area contributed by atoms with Gasteiger partial charge >= 0.3 is 0 Å². The third kappa shape index (κ3) is 4.46. The molecule has 0 radical (unpaired) electrons. The van der Waals surface area contributed by atoms with E-state index in [1.807, 2.05) is 19.9 Å². The second-order valence-electron chi connectivity index (χ2n) is 4.54. The Kier molecular flexibility index (Phi) is 5.19. The van der Waals surface area contributed by atoms with Crippen molar-refractivity contribution in [2.24, 2.45) is 5.92 Å². The van der Waals surface area contributed by atoms with Crippen LogP contribution in [0.4, 0.5) is 0 Å². The summed E-state index contributed by atoms with van der Waals surface area (Å²) < 4.78 is 5.49. The van der Waals surface area contributed by atoms with Gasteiger partial charge in [-0.1, -0.05) is 13.8 Å². The van der Waals surface area contributed by atoms with E-state index in [-0.39, 0.29) is 5.91 Å². The third-order valence-corrected chi connectivity index (χ3v) is 2.35. The zero-order valence-electron chi connectivity index (χ0n) is 10.9. The van der Waals surface area contributed by atoms with Gasteiger partial charge in [0, 0.05) is 6.54 Å². The van der Waals surface area contributed by atoms with Crippen molar-refractivity contribution in [3.05, 3.63) is 29.8 Å². The molecule has 1 unspecified atom stereocenters. The number of rotatable bonds is 5. The van der Waals surface area contributed by atoms with Crippen LogP contribution in [0.3, 0.4) is 0 Å². The van der Waals surface area contributed by atoms with Crippen molar-refractivity contribution in [3.8, 4) is 11.8 Å². The molecule has 1 atom stereocenters. The molecule has 0 fully saturated rings. The second kappa shape index (κ2) is 6.65. The molecule has 1 amide bonds. The predicted octanol–water partition coefficient (Wildman–Crippen LogP) is 2.10. The second-order valence-corrected chi connectivity index (χ2v) is 4.54. The van der Waals surface area contributed by atoms with E-state index < -0.39 is 6.10 Å². The van der Waals surface area contributed by atoms with Crippen molar-refractivity contribution < 1.29 is 9.53 Å². The smallest absolute Gasteiger partial charge is 0.260 e. The first-order chi connectivity index (χ1) is 8.52. The highest BCUT2D eigenvalue weighted by atomic mass is 16.5. The SMILES string of the molecule is CC(C)CNC(=O)C(C)Oc1ccc(C#N)cc1. The Morgan fingerprint density at radius 3 is 2.44 bits per heavy atom. The van der Waals surface area contributed by atoms with E-state index in [1.54, 1.807) is 31.2 Å². The topological polar surface area (TPSA) is 62.1 Å². The molecule has 0 spiro atoms. The molecule has 0 aromatic heterocycles. The predicted molar refractivity (Wildman–Crippen MR) is 69.1 cm³/mol. The quantitative estimate of drug-likeness (QED) is 0.865. The van der Waals surface area contributed by atoms with Crippen molar-refractivity contribution in [2.45, 2.75) is 26.9 Å². The molecule has 0 saturated carbocycles. The Morgan fingerprint density at radius 1 is 1.33 bits per heavy atom. The Bertz CT molecular complexity index is 432. The van der Waals surface area contributed by atoms with Gasteiger partial charge in [0.15, 0.2) is 6.10 Å². The first-order valence-electron chi connectivity index (χ1n) is 5.97. The Labute approximate surface area is 108 Å². The van der Waals surface area contributed by atoms with E-state index in [0.717, 1.165) is 0 Å². The minimum atomic E-state index is -0.545. The number of hydrogen-bond acceptors (Lipinski definition) is 3. The Hall–Kier alpha value is -2.02.